The first-order valence-corrected chi connectivity index (χ1v) is 10.0. The summed E-state index contributed by atoms with van der Waals surface area (Å²) in [5.41, 5.74) is -0.537. The third-order valence-electron chi connectivity index (χ3n) is 2.63. The number of hydrogen-bond donors (Lipinski definition) is 6. The SMILES string of the molecule is O=P(O)(O)CC(c1ccccc1)(P(=O)(O)O)P(=O)(O)O. The standard InChI is InChI=1S/C8H13O9P3/c9-18(10,11)6-8(19(12,13)14,20(15,16)17)7-4-2-1-3-5-7/h1-5H,6H2,(H2,9,10,11)(H2,12,13,14)(H2,15,16,17). The van der Waals surface area contributed by atoms with Crippen LogP contribution in [0, 0.1) is 0 Å². The Morgan fingerprint density at radius 2 is 1.20 bits per heavy atom. The van der Waals surface area contributed by atoms with Crippen molar-refractivity contribution in [2.75, 3.05) is 6.16 Å². The Morgan fingerprint density at radius 1 is 0.800 bits per heavy atom. The topological polar surface area (TPSA) is 173 Å². The van der Waals surface area contributed by atoms with Crippen LogP contribution in [0.2, 0.25) is 0 Å². The second-order valence-corrected chi connectivity index (χ2v) is 9.79. The first kappa shape index (κ1) is 17.7. The summed E-state index contributed by atoms with van der Waals surface area (Å²) in [6.07, 6.45) is -1.67. The number of rotatable bonds is 5. The van der Waals surface area contributed by atoms with Crippen molar-refractivity contribution in [1.82, 2.24) is 0 Å². The fraction of sp³-hybridized carbons (Fsp3) is 0.250. The summed E-state index contributed by atoms with van der Waals surface area (Å²) in [6.45, 7) is 0. The van der Waals surface area contributed by atoms with Crippen LogP contribution in [0.3, 0.4) is 0 Å². The molecule has 0 aromatic heterocycles. The molecule has 0 bridgehead atoms. The van der Waals surface area contributed by atoms with E-state index in [9.17, 15) is 33.3 Å². The van der Waals surface area contributed by atoms with E-state index in [-0.39, 0.29) is 0 Å². The average molecular weight is 346 g/mol. The third-order valence-corrected chi connectivity index (χ3v) is 8.33. The molecular weight excluding hydrogens is 333 g/mol. The fourth-order valence-electron chi connectivity index (χ4n) is 1.77. The molecule has 0 aliphatic carbocycles. The van der Waals surface area contributed by atoms with Gasteiger partial charge in [-0.1, -0.05) is 30.3 Å². The molecule has 114 valence electrons. The van der Waals surface area contributed by atoms with Crippen LogP contribution in [0.15, 0.2) is 30.3 Å². The van der Waals surface area contributed by atoms with E-state index in [0.717, 1.165) is 12.1 Å². The maximum absolute atomic E-state index is 11.6. The van der Waals surface area contributed by atoms with Gasteiger partial charge in [-0.05, 0) is 5.56 Å². The highest BCUT2D eigenvalue weighted by Gasteiger charge is 2.64. The third kappa shape index (κ3) is 3.46. The van der Waals surface area contributed by atoms with E-state index in [0.29, 0.717) is 0 Å². The molecule has 20 heavy (non-hydrogen) atoms. The lowest BCUT2D eigenvalue weighted by atomic mass is 10.1. The molecule has 0 aliphatic heterocycles. The molecule has 0 radical (unpaired) electrons. The monoisotopic (exact) mass is 346 g/mol. The fourth-order valence-corrected chi connectivity index (χ4v) is 7.44. The number of hydrogen-bond acceptors (Lipinski definition) is 3. The van der Waals surface area contributed by atoms with Gasteiger partial charge in [0, 0.05) is 0 Å². The number of benzene rings is 1. The van der Waals surface area contributed by atoms with E-state index in [2.05, 4.69) is 0 Å². The highest BCUT2D eigenvalue weighted by molar-refractivity contribution is 7.73. The van der Waals surface area contributed by atoms with Crippen molar-refractivity contribution in [1.29, 1.82) is 0 Å². The summed E-state index contributed by atoms with van der Waals surface area (Å²) in [4.78, 5) is 52.1. The molecule has 0 atom stereocenters. The van der Waals surface area contributed by atoms with Crippen molar-refractivity contribution in [2.24, 2.45) is 0 Å². The summed E-state index contributed by atoms with van der Waals surface area (Å²) in [7, 11) is -16.3. The van der Waals surface area contributed by atoms with Crippen molar-refractivity contribution < 1.29 is 43.1 Å². The van der Waals surface area contributed by atoms with E-state index in [1.807, 2.05) is 0 Å². The Labute approximate surface area is 113 Å². The summed E-state index contributed by atoms with van der Waals surface area (Å²) >= 11 is 0. The predicted molar refractivity (Wildman–Crippen MR) is 69.1 cm³/mol. The zero-order chi connectivity index (χ0) is 15.8. The second kappa shape index (κ2) is 5.46. The molecule has 1 rings (SSSR count). The average Bonchev–Trinajstić information content (AvgIpc) is 2.22. The molecule has 0 aliphatic rings. The summed E-state index contributed by atoms with van der Waals surface area (Å²) < 4.78 is 34.4. The van der Waals surface area contributed by atoms with E-state index < -0.39 is 39.4 Å². The lowest BCUT2D eigenvalue weighted by Crippen LogP contribution is -2.30. The molecule has 1 aromatic carbocycles. The van der Waals surface area contributed by atoms with Crippen LogP contribution in [0.4, 0.5) is 0 Å². The van der Waals surface area contributed by atoms with Crippen molar-refractivity contribution in [3.05, 3.63) is 35.9 Å². The highest BCUT2D eigenvalue weighted by Crippen LogP contribution is 2.77. The summed E-state index contributed by atoms with van der Waals surface area (Å²) in [5.74, 6) is 0. The summed E-state index contributed by atoms with van der Waals surface area (Å²) in [6, 6.07) is 5.90. The lowest BCUT2D eigenvalue weighted by Gasteiger charge is -2.34. The minimum atomic E-state index is -5.60. The molecule has 0 saturated heterocycles. The highest BCUT2D eigenvalue weighted by atomic mass is 31.2. The Morgan fingerprint density at radius 3 is 1.50 bits per heavy atom. The quantitative estimate of drug-likeness (QED) is 0.412. The molecule has 9 nitrogen and oxygen atoms in total. The first-order valence-electron chi connectivity index (χ1n) is 5.03. The van der Waals surface area contributed by atoms with Gasteiger partial charge in [-0.2, -0.15) is 0 Å². The predicted octanol–water partition coefficient (Wildman–Crippen LogP) is 0.372. The van der Waals surface area contributed by atoms with E-state index in [1.165, 1.54) is 18.2 Å². The van der Waals surface area contributed by atoms with Gasteiger partial charge in [-0.25, -0.2) is 0 Å². The van der Waals surface area contributed by atoms with Crippen LogP contribution >= 0.6 is 22.8 Å². The van der Waals surface area contributed by atoms with Crippen LogP contribution < -0.4 is 0 Å². The summed E-state index contributed by atoms with van der Waals surface area (Å²) in [5, 5.41) is 0. The Kier molecular flexibility index (Phi) is 4.84. The van der Waals surface area contributed by atoms with E-state index >= 15 is 0 Å². The zero-order valence-electron chi connectivity index (χ0n) is 9.84. The van der Waals surface area contributed by atoms with Gasteiger partial charge < -0.3 is 29.4 Å². The van der Waals surface area contributed by atoms with Gasteiger partial charge in [0.15, 0.2) is 0 Å². The van der Waals surface area contributed by atoms with E-state index in [4.69, 9.17) is 9.79 Å². The zero-order valence-corrected chi connectivity index (χ0v) is 12.5. The van der Waals surface area contributed by atoms with Gasteiger partial charge >= 0.3 is 22.8 Å². The minimum absolute atomic E-state index is 0.537. The molecule has 0 spiro atoms. The Bertz CT molecular complexity index is 587. The molecule has 1 aromatic rings. The maximum Gasteiger partial charge on any atom is 0.348 e. The van der Waals surface area contributed by atoms with Crippen LogP contribution in [0.25, 0.3) is 0 Å². The molecule has 0 amide bonds. The smallest absolute Gasteiger partial charge is 0.324 e. The molecule has 6 N–H and O–H groups in total. The Balaban J connectivity index is 3.75. The first-order chi connectivity index (χ1) is 8.81. The second-order valence-electron chi connectivity index (χ2n) is 4.09. The van der Waals surface area contributed by atoms with Crippen LogP contribution in [-0.4, -0.2) is 35.5 Å². The molecule has 0 fully saturated rings. The normalized spacial score (nSPS) is 14.3. The largest absolute Gasteiger partial charge is 0.348 e. The van der Waals surface area contributed by atoms with Crippen LogP contribution in [0.1, 0.15) is 5.56 Å². The Hall–Kier alpha value is -0.330. The van der Waals surface area contributed by atoms with Gasteiger partial charge in [-0.15, -0.1) is 0 Å². The van der Waals surface area contributed by atoms with Gasteiger partial charge in [0.1, 0.15) is 0 Å². The van der Waals surface area contributed by atoms with Crippen molar-refractivity contribution in [2.45, 2.75) is 4.90 Å². The molecule has 0 heterocycles. The van der Waals surface area contributed by atoms with Gasteiger partial charge in [0.05, 0.1) is 6.16 Å². The maximum atomic E-state index is 11.6. The van der Waals surface area contributed by atoms with Crippen molar-refractivity contribution in [3.8, 4) is 0 Å². The van der Waals surface area contributed by atoms with Gasteiger partial charge in [-0.3, -0.25) is 13.7 Å². The van der Waals surface area contributed by atoms with Gasteiger partial charge in [0.25, 0.3) is 0 Å². The van der Waals surface area contributed by atoms with Gasteiger partial charge in [0.2, 0.25) is 4.90 Å². The molecule has 12 heteroatoms. The van der Waals surface area contributed by atoms with Crippen LogP contribution in [-0.2, 0) is 18.6 Å². The van der Waals surface area contributed by atoms with Crippen LogP contribution in [0.5, 0.6) is 0 Å². The molecule has 0 unspecified atom stereocenters. The van der Waals surface area contributed by atoms with E-state index in [1.54, 1.807) is 0 Å². The lowest BCUT2D eigenvalue weighted by molar-refractivity contribution is 0.304. The van der Waals surface area contributed by atoms with Crippen molar-refractivity contribution >= 4 is 22.8 Å². The minimum Gasteiger partial charge on any atom is -0.324 e. The van der Waals surface area contributed by atoms with Crippen molar-refractivity contribution in [3.63, 3.8) is 0 Å². The molecular formula is C8H13O9P3. The molecule has 0 saturated carbocycles.